The second-order valence-electron chi connectivity index (χ2n) is 7.67. The summed E-state index contributed by atoms with van der Waals surface area (Å²) < 4.78 is 37.1. The molecule has 1 aromatic rings. The van der Waals surface area contributed by atoms with E-state index in [1.165, 1.54) is 35.7 Å². The molecule has 1 saturated heterocycles. The number of esters is 1. The van der Waals surface area contributed by atoms with Gasteiger partial charge in [0, 0.05) is 26.7 Å². The molecule has 10 nitrogen and oxygen atoms in total. The fourth-order valence-electron chi connectivity index (χ4n) is 3.42. The topological polar surface area (TPSA) is 131 Å². The first-order valence-electron chi connectivity index (χ1n) is 9.97. The number of amides is 3. The number of benzene rings is 1. The van der Waals surface area contributed by atoms with Crippen molar-refractivity contribution in [3.63, 3.8) is 0 Å². The molecule has 0 saturated carbocycles. The van der Waals surface area contributed by atoms with Gasteiger partial charge in [-0.3, -0.25) is 10.1 Å². The first-order valence-corrected chi connectivity index (χ1v) is 11.4. The van der Waals surface area contributed by atoms with Crippen molar-refractivity contribution < 1.29 is 32.3 Å². The summed E-state index contributed by atoms with van der Waals surface area (Å²) in [4.78, 5) is 35.5. The lowest BCUT2D eigenvalue weighted by Crippen LogP contribution is -2.42. The molecule has 0 aromatic heterocycles. The van der Waals surface area contributed by atoms with E-state index in [1.807, 2.05) is 19.2 Å². The third-order valence-electron chi connectivity index (χ3n) is 4.72. The Bertz CT molecular complexity index is 894. The van der Waals surface area contributed by atoms with Gasteiger partial charge in [0.2, 0.25) is 10.0 Å². The van der Waals surface area contributed by atoms with Crippen molar-refractivity contribution in [1.82, 2.24) is 14.9 Å². The molecular weight excluding hydrogens is 426 g/mol. The number of carbonyl (C=O) groups is 3. The molecule has 1 fully saturated rings. The number of methoxy groups -OCH3 is 1. The van der Waals surface area contributed by atoms with Gasteiger partial charge in [0.05, 0.1) is 17.1 Å². The van der Waals surface area contributed by atoms with Crippen LogP contribution in [0.3, 0.4) is 0 Å². The Hall–Kier alpha value is -2.50. The summed E-state index contributed by atoms with van der Waals surface area (Å²) in [5.41, 5.74) is -0.00322. The molecule has 2 unspecified atom stereocenters. The predicted molar refractivity (Wildman–Crippen MR) is 112 cm³/mol. The maximum absolute atomic E-state index is 13.0. The number of nitrogens with zero attached hydrogens (tertiary/aromatic N) is 1. The molecule has 2 N–H and O–H groups in total. The van der Waals surface area contributed by atoms with Crippen LogP contribution in [0, 0.1) is 11.8 Å². The van der Waals surface area contributed by atoms with Crippen molar-refractivity contribution >= 4 is 27.9 Å². The molecule has 1 aliphatic rings. The maximum atomic E-state index is 13.0. The number of rotatable bonds is 8. The number of hydrogen-bond acceptors (Lipinski definition) is 7. The van der Waals surface area contributed by atoms with E-state index in [1.54, 1.807) is 0 Å². The van der Waals surface area contributed by atoms with Crippen LogP contribution in [0.25, 0.3) is 0 Å². The highest BCUT2D eigenvalue weighted by Gasteiger charge is 2.32. The molecule has 31 heavy (non-hydrogen) atoms. The number of piperidine rings is 1. The molecule has 1 heterocycles. The number of hydrogen-bond donors (Lipinski definition) is 2. The molecule has 3 amide bonds. The molecule has 0 radical (unpaired) electrons. The van der Waals surface area contributed by atoms with Gasteiger partial charge in [0.25, 0.3) is 5.91 Å². The van der Waals surface area contributed by atoms with E-state index in [0.29, 0.717) is 13.1 Å². The first kappa shape index (κ1) is 24.8. The number of sulfonamides is 1. The van der Waals surface area contributed by atoms with Crippen LogP contribution in [0.1, 0.15) is 30.6 Å². The van der Waals surface area contributed by atoms with E-state index in [4.69, 9.17) is 9.47 Å². The predicted octanol–water partition coefficient (Wildman–Crippen LogP) is 0.982. The first-order chi connectivity index (χ1) is 14.6. The number of carbonyl (C=O) groups excluding carboxylic acids is 3. The highest BCUT2D eigenvalue weighted by molar-refractivity contribution is 7.89. The second kappa shape index (κ2) is 11.2. The van der Waals surface area contributed by atoms with Crippen LogP contribution in [-0.2, 0) is 24.3 Å². The number of urea groups is 1. The lowest BCUT2D eigenvalue weighted by Gasteiger charge is -2.34. The van der Waals surface area contributed by atoms with E-state index < -0.39 is 34.5 Å². The smallest absolute Gasteiger partial charge is 0.338 e. The standard InChI is InChI=1S/C20H29N3O7S/c1-14-9-15(2)12-23(11-14)31(27,28)17-6-4-5-16(10-17)19(25)30-13-18(24)22-20(26)21-7-8-29-3/h4-6,10,14-15H,7-9,11-13H2,1-3H3,(H2,21,22,24,26). The summed E-state index contributed by atoms with van der Waals surface area (Å²) in [6.45, 7) is 4.68. The molecule has 11 heteroatoms. The van der Waals surface area contributed by atoms with Crippen LogP contribution in [0.15, 0.2) is 29.2 Å². The van der Waals surface area contributed by atoms with Gasteiger partial charge in [-0.25, -0.2) is 18.0 Å². The second-order valence-corrected chi connectivity index (χ2v) is 9.61. The Kier molecular flexibility index (Phi) is 8.96. The Morgan fingerprint density at radius 3 is 2.48 bits per heavy atom. The molecule has 172 valence electrons. The average molecular weight is 456 g/mol. The zero-order valence-electron chi connectivity index (χ0n) is 17.9. The summed E-state index contributed by atoms with van der Waals surface area (Å²) in [5.74, 6) is -1.19. The zero-order valence-corrected chi connectivity index (χ0v) is 18.7. The molecule has 0 bridgehead atoms. The van der Waals surface area contributed by atoms with Crippen LogP contribution < -0.4 is 10.6 Å². The largest absolute Gasteiger partial charge is 0.452 e. The van der Waals surface area contributed by atoms with E-state index in [9.17, 15) is 22.8 Å². The molecule has 1 aliphatic heterocycles. The summed E-state index contributed by atoms with van der Waals surface area (Å²) in [5, 5.41) is 4.40. The number of imide groups is 1. The Morgan fingerprint density at radius 1 is 1.16 bits per heavy atom. The van der Waals surface area contributed by atoms with Gasteiger partial charge < -0.3 is 14.8 Å². The normalized spacial score (nSPS) is 19.5. The minimum atomic E-state index is -3.76. The van der Waals surface area contributed by atoms with Crippen molar-refractivity contribution in [2.45, 2.75) is 25.2 Å². The van der Waals surface area contributed by atoms with Gasteiger partial charge >= 0.3 is 12.0 Å². The van der Waals surface area contributed by atoms with Crippen molar-refractivity contribution in [2.75, 3.05) is 40.0 Å². The van der Waals surface area contributed by atoms with Crippen LogP contribution in [0.5, 0.6) is 0 Å². The fourth-order valence-corrected chi connectivity index (χ4v) is 5.15. The van der Waals surface area contributed by atoms with Gasteiger partial charge in [0.1, 0.15) is 0 Å². The van der Waals surface area contributed by atoms with Gasteiger partial charge in [0.15, 0.2) is 6.61 Å². The molecule has 2 atom stereocenters. The number of nitrogens with one attached hydrogen (secondary N) is 2. The van der Waals surface area contributed by atoms with E-state index in [2.05, 4.69) is 5.32 Å². The summed E-state index contributed by atoms with van der Waals surface area (Å²) in [6.07, 6.45) is 0.963. The zero-order chi connectivity index (χ0) is 23.0. The summed E-state index contributed by atoms with van der Waals surface area (Å²) in [7, 11) is -2.29. The SMILES string of the molecule is COCCNC(=O)NC(=O)COC(=O)c1cccc(S(=O)(=O)N2CC(C)CC(C)C2)c1. The van der Waals surface area contributed by atoms with E-state index >= 15 is 0 Å². The third-order valence-corrected chi connectivity index (χ3v) is 6.55. The maximum Gasteiger partial charge on any atom is 0.338 e. The van der Waals surface area contributed by atoms with Gasteiger partial charge in [-0.1, -0.05) is 19.9 Å². The van der Waals surface area contributed by atoms with Gasteiger partial charge in [-0.05, 0) is 36.5 Å². The van der Waals surface area contributed by atoms with Gasteiger partial charge in [-0.15, -0.1) is 0 Å². The summed E-state index contributed by atoms with van der Waals surface area (Å²) >= 11 is 0. The Morgan fingerprint density at radius 2 is 1.84 bits per heavy atom. The van der Waals surface area contributed by atoms with Crippen LogP contribution in [0.2, 0.25) is 0 Å². The van der Waals surface area contributed by atoms with Crippen LogP contribution >= 0.6 is 0 Å². The van der Waals surface area contributed by atoms with E-state index in [-0.39, 0.29) is 35.4 Å². The molecule has 1 aromatic carbocycles. The highest BCUT2D eigenvalue weighted by atomic mass is 32.2. The Labute approximate surface area is 182 Å². The molecule has 0 aliphatic carbocycles. The molecular formula is C20H29N3O7S. The minimum absolute atomic E-state index is 0.00322. The monoisotopic (exact) mass is 455 g/mol. The fraction of sp³-hybridized carbons (Fsp3) is 0.550. The quantitative estimate of drug-likeness (QED) is 0.441. The lowest BCUT2D eigenvalue weighted by atomic mass is 9.94. The van der Waals surface area contributed by atoms with E-state index in [0.717, 1.165) is 6.42 Å². The number of ether oxygens (including phenoxy) is 2. The Balaban J connectivity index is 1.97. The van der Waals surface area contributed by atoms with Crippen LogP contribution in [-0.4, -0.2) is 70.6 Å². The third kappa shape index (κ3) is 7.30. The van der Waals surface area contributed by atoms with Crippen molar-refractivity contribution in [2.24, 2.45) is 11.8 Å². The average Bonchev–Trinajstić information content (AvgIpc) is 2.71. The summed E-state index contributed by atoms with van der Waals surface area (Å²) in [6, 6.07) is 4.77. The molecule has 2 rings (SSSR count). The van der Waals surface area contributed by atoms with Crippen molar-refractivity contribution in [1.29, 1.82) is 0 Å². The van der Waals surface area contributed by atoms with Gasteiger partial charge in [-0.2, -0.15) is 4.31 Å². The lowest BCUT2D eigenvalue weighted by molar-refractivity contribution is -0.123. The van der Waals surface area contributed by atoms with Crippen molar-refractivity contribution in [3.05, 3.63) is 29.8 Å². The highest BCUT2D eigenvalue weighted by Crippen LogP contribution is 2.27. The minimum Gasteiger partial charge on any atom is -0.452 e. The molecule has 0 spiro atoms. The van der Waals surface area contributed by atoms with Crippen LogP contribution in [0.4, 0.5) is 4.79 Å². The van der Waals surface area contributed by atoms with Crippen molar-refractivity contribution in [3.8, 4) is 0 Å².